The van der Waals surface area contributed by atoms with Crippen LogP contribution in [0, 0.1) is 11.8 Å². The van der Waals surface area contributed by atoms with Crippen LogP contribution in [0.15, 0.2) is 49.2 Å². The van der Waals surface area contributed by atoms with Crippen LogP contribution in [0.2, 0.25) is 0 Å². The molecule has 7 nitrogen and oxygen atoms in total. The van der Waals surface area contributed by atoms with Gasteiger partial charge in [0.2, 0.25) is 11.9 Å². The molecule has 2 N–H and O–H groups in total. The second kappa shape index (κ2) is 8.44. The Balaban J connectivity index is 1.75. The molecule has 0 radical (unpaired) electrons. The highest BCUT2D eigenvalue weighted by molar-refractivity contribution is 5.87. The lowest BCUT2D eigenvalue weighted by molar-refractivity contribution is -0.125. The Bertz CT molecular complexity index is 1200. The van der Waals surface area contributed by atoms with E-state index in [0.717, 1.165) is 28.8 Å². The van der Waals surface area contributed by atoms with Crippen LogP contribution >= 0.6 is 0 Å². The number of carbonyl (C=O) groups is 1. The summed E-state index contributed by atoms with van der Waals surface area (Å²) < 4.78 is 12.5. The van der Waals surface area contributed by atoms with Crippen molar-refractivity contribution in [1.82, 2.24) is 14.3 Å². The van der Waals surface area contributed by atoms with E-state index >= 15 is 0 Å². The number of ether oxygens (including phenoxy) is 2. The minimum Gasteiger partial charge on any atom is -0.497 e. The van der Waals surface area contributed by atoms with Gasteiger partial charge >= 0.3 is 0 Å². The number of nitrogens with zero attached hydrogens (tertiary/aromatic N) is 3. The summed E-state index contributed by atoms with van der Waals surface area (Å²) in [5.74, 6) is 8.27. The average molecular weight is 416 g/mol. The number of likely N-dealkylation sites (tertiary alicyclic amines) is 1. The van der Waals surface area contributed by atoms with Crippen molar-refractivity contribution < 1.29 is 14.3 Å². The van der Waals surface area contributed by atoms with Gasteiger partial charge in [-0.3, -0.25) is 9.20 Å². The van der Waals surface area contributed by atoms with Gasteiger partial charge in [0.05, 0.1) is 19.7 Å². The van der Waals surface area contributed by atoms with Crippen LogP contribution in [-0.2, 0) is 4.79 Å². The van der Waals surface area contributed by atoms with Crippen molar-refractivity contribution in [3.05, 3.63) is 66.0 Å². The predicted octanol–water partition coefficient (Wildman–Crippen LogP) is 2.84. The lowest BCUT2D eigenvalue weighted by Crippen LogP contribution is -2.26. The molecule has 0 spiro atoms. The van der Waals surface area contributed by atoms with Gasteiger partial charge in [0.15, 0.2) is 0 Å². The molecule has 7 heteroatoms. The standard InChI is InChI=1S/C24H24N4O3/c1-4-23(29)27-10-8-17(15-27)21-13-18(28-22(21)7-9-26-24(28)25)6-5-16-11-19(30-2)14-20(12-16)31-3/h4,7,9,11-14,17H,1,8,10,15H2,2-3H3,(H2,25,26)/t17-/m0/s1. The number of hydrogen-bond acceptors (Lipinski definition) is 5. The molecule has 1 saturated heterocycles. The Morgan fingerprint density at radius 3 is 2.65 bits per heavy atom. The zero-order valence-electron chi connectivity index (χ0n) is 17.6. The Labute approximate surface area is 181 Å². The summed E-state index contributed by atoms with van der Waals surface area (Å²) in [6.45, 7) is 4.94. The largest absolute Gasteiger partial charge is 0.497 e. The maximum atomic E-state index is 12.0. The number of benzene rings is 1. The molecule has 31 heavy (non-hydrogen) atoms. The highest BCUT2D eigenvalue weighted by atomic mass is 16.5. The van der Waals surface area contributed by atoms with Gasteiger partial charge in [-0.05, 0) is 48.2 Å². The third-order valence-corrected chi connectivity index (χ3v) is 5.54. The lowest BCUT2D eigenvalue weighted by Gasteiger charge is -2.14. The summed E-state index contributed by atoms with van der Waals surface area (Å²) >= 11 is 0. The molecule has 0 bridgehead atoms. The van der Waals surface area contributed by atoms with E-state index in [2.05, 4.69) is 23.4 Å². The van der Waals surface area contributed by atoms with E-state index in [1.807, 2.05) is 33.6 Å². The van der Waals surface area contributed by atoms with E-state index in [-0.39, 0.29) is 11.8 Å². The van der Waals surface area contributed by atoms with Crippen molar-refractivity contribution in [1.29, 1.82) is 0 Å². The summed E-state index contributed by atoms with van der Waals surface area (Å²) in [7, 11) is 3.21. The minimum absolute atomic E-state index is 0.0424. The number of carbonyl (C=O) groups excluding carboxylic acids is 1. The molecule has 1 aliphatic heterocycles. The highest BCUT2D eigenvalue weighted by Crippen LogP contribution is 2.33. The number of aromatic nitrogens is 2. The smallest absolute Gasteiger partial charge is 0.245 e. The van der Waals surface area contributed by atoms with Crippen LogP contribution in [0.25, 0.3) is 5.52 Å². The van der Waals surface area contributed by atoms with Gasteiger partial charge in [0.1, 0.15) is 17.2 Å². The maximum absolute atomic E-state index is 12.0. The SMILES string of the molecule is C=CC(=O)N1CC[C@H](c2cc(C#Cc3cc(OC)cc(OC)c3)n3c(N)nccc23)C1. The topological polar surface area (TPSA) is 82.1 Å². The van der Waals surface area contributed by atoms with Crippen molar-refractivity contribution in [2.45, 2.75) is 12.3 Å². The third-order valence-electron chi connectivity index (χ3n) is 5.54. The number of fused-ring (bicyclic) bond motifs is 1. The Morgan fingerprint density at radius 1 is 1.23 bits per heavy atom. The number of amides is 1. The molecular formula is C24H24N4O3. The molecule has 0 unspecified atom stereocenters. The third kappa shape index (κ3) is 3.92. The van der Waals surface area contributed by atoms with E-state index in [0.29, 0.717) is 30.5 Å². The number of rotatable bonds is 4. The van der Waals surface area contributed by atoms with Gasteiger partial charge in [-0.2, -0.15) is 0 Å². The zero-order valence-corrected chi connectivity index (χ0v) is 17.6. The first kappa shape index (κ1) is 20.4. The number of methoxy groups -OCH3 is 2. The summed E-state index contributed by atoms with van der Waals surface area (Å²) in [5.41, 5.74) is 9.77. The highest BCUT2D eigenvalue weighted by Gasteiger charge is 2.28. The van der Waals surface area contributed by atoms with E-state index in [9.17, 15) is 4.79 Å². The molecule has 1 aliphatic rings. The van der Waals surface area contributed by atoms with Crippen molar-refractivity contribution in [2.75, 3.05) is 33.0 Å². The van der Waals surface area contributed by atoms with Crippen LogP contribution in [0.4, 0.5) is 5.95 Å². The quantitative estimate of drug-likeness (QED) is 0.522. The molecule has 1 atom stereocenters. The zero-order chi connectivity index (χ0) is 22.0. The van der Waals surface area contributed by atoms with Crippen molar-refractivity contribution >= 4 is 17.4 Å². The van der Waals surface area contributed by atoms with Gasteiger partial charge in [-0.1, -0.05) is 12.5 Å². The Hall–Kier alpha value is -3.92. The fraction of sp³-hybridized carbons (Fsp3) is 0.250. The van der Waals surface area contributed by atoms with Crippen molar-refractivity contribution in [2.24, 2.45) is 0 Å². The number of hydrogen-bond donors (Lipinski definition) is 1. The van der Waals surface area contributed by atoms with Gasteiger partial charge in [0, 0.05) is 36.8 Å². The van der Waals surface area contributed by atoms with E-state index in [1.54, 1.807) is 26.5 Å². The van der Waals surface area contributed by atoms with Gasteiger partial charge in [0.25, 0.3) is 0 Å². The molecule has 3 heterocycles. The monoisotopic (exact) mass is 416 g/mol. The Morgan fingerprint density at radius 2 is 1.97 bits per heavy atom. The molecular weight excluding hydrogens is 392 g/mol. The van der Waals surface area contributed by atoms with E-state index in [1.165, 1.54) is 6.08 Å². The first-order valence-electron chi connectivity index (χ1n) is 9.96. The fourth-order valence-corrected chi connectivity index (χ4v) is 3.98. The molecule has 2 aromatic heterocycles. The number of nitrogen functional groups attached to an aromatic ring is 1. The first-order chi connectivity index (χ1) is 15.0. The van der Waals surface area contributed by atoms with E-state index in [4.69, 9.17) is 15.2 Å². The summed E-state index contributed by atoms with van der Waals surface area (Å²) in [5, 5.41) is 0. The van der Waals surface area contributed by atoms with Gasteiger partial charge in [-0.15, -0.1) is 0 Å². The molecule has 0 aliphatic carbocycles. The molecule has 1 aromatic carbocycles. The Kier molecular flexibility index (Phi) is 5.54. The second-order valence-corrected chi connectivity index (χ2v) is 7.33. The lowest BCUT2D eigenvalue weighted by atomic mass is 9.99. The van der Waals surface area contributed by atoms with Gasteiger partial charge < -0.3 is 20.1 Å². The molecule has 1 amide bonds. The van der Waals surface area contributed by atoms with Crippen LogP contribution in [0.3, 0.4) is 0 Å². The first-order valence-corrected chi connectivity index (χ1v) is 9.96. The van der Waals surface area contributed by atoms with Crippen LogP contribution < -0.4 is 15.2 Å². The average Bonchev–Trinajstić information content (AvgIpc) is 3.42. The number of anilines is 1. The minimum atomic E-state index is -0.0424. The van der Waals surface area contributed by atoms with Crippen LogP contribution in [0.5, 0.6) is 11.5 Å². The fourth-order valence-electron chi connectivity index (χ4n) is 3.98. The van der Waals surface area contributed by atoms with Crippen molar-refractivity contribution in [3.8, 4) is 23.3 Å². The number of nitrogens with two attached hydrogens (primary N) is 1. The van der Waals surface area contributed by atoms with Crippen LogP contribution in [0.1, 0.15) is 29.2 Å². The van der Waals surface area contributed by atoms with Crippen molar-refractivity contribution in [3.63, 3.8) is 0 Å². The summed E-state index contributed by atoms with van der Waals surface area (Å²) in [6.07, 6.45) is 3.93. The maximum Gasteiger partial charge on any atom is 0.245 e. The van der Waals surface area contributed by atoms with E-state index < -0.39 is 0 Å². The predicted molar refractivity (Wildman–Crippen MR) is 119 cm³/mol. The molecule has 158 valence electrons. The second-order valence-electron chi connectivity index (χ2n) is 7.33. The molecule has 3 aromatic rings. The molecule has 4 rings (SSSR count). The summed E-state index contributed by atoms with van der Waals surface area (Å²) in [4.78, 5) is 18.1. The summed E-state index contributed by atoms with van der Waals surface area (Å²) in [6, 6.07) is 9.48. The molecule has 0 saturated carbocycles. The van der Waals surface area contributed by atoms with Gasteiger partial charge in [-0.25, -0.2) is 4.98 Å². The normalized spacial score (nSPS) is 15.4. The van der Waals surface area contributed by atoms with Crippen LogP contribution in [-0.4, -0.2) is 47.5 Å². The molecule has 1 fully saturated rings.